The molecule has 2 rings (SSSR count). The van der Waals surface area contributed by atoms with Crippen molar-refractivity contribution in [3.63, 3.8) is 0 Å². The van der Waals surface area contributed by atoms with Gasteiger partial charge in [0.15, 0.2) is 12.6 Å². The van der Waals surface area contributed by atoms with Crippen LogP contribution in [0.4, 0.5) is 13.2 Å². The topological polar surface area (TPSA) is 59.0 Å². The molecule has 1 N–H and O–H groups in total. The molecule has 0 radical (unpaired) electrons. The van der Waals surface area contributed by atoms with E-state index in [1.54, 1.807) is 13.1 Å². The van der Waals surface area contributed by atoms with Crippen LogP contribution in [0.1, 0.15) is 12.0 Å². The van der Waals surface area contributed by atoms with Crippen LogP contribution >= 0.6 is 0 Å². The molecule has 9 heteroatoms. The number of pyridine rings is 1. The molecule has 1 aromatic heterocycles. The van der Waals surface area contributed by atoms with Gasteiger partial charge in [0.25, 0.3) is 0 Å². The summed E-state index contributed by atoms with van der Waals surface area (Å²) in [6, 6.07) is 3.09. The van der Waals surface area contributed by atoms with Gasteiger partial charge < -0.3 is 19.7 Å². The normalized spacial score (nSPS) is 18.3. The SMILES string of the molecule is CN=C(NCc1ccc(OCC(F)(F)F)nc1)N(C)CC1CCOC1. The number of alkyl halides is 3. The number of nitrogens with one attached hydrogen (secondary N) is 1. The molecule has 1 aromatic rings. The zero-order valence-electron chi connectivity index (χ0n) is 14.3. The number of hydrogen-bond acceptors (Lipinski definition) is 4. The van der Waals surface area contributed by atoms with Crippen molar-refractivity contribution in [1.29, 1.82) is 0 Å². The first-order valence-electron chi connectivity index (χ1n) is 8.01. The molecule has 0 spiro atoms. The monoisotopic (exact) mass is 360 g/mol. The molecule has 1 aliphatic rings. The second kappa shape index (κ2) is 8.89. The van der Waals surface area contributed by atoms with Crippen molar-refractivity contribution < 1.29 is 22.6 Å². The maximum absolute atomic E-state index is 12.1. The number of halogens is 3. The lowest BCUT2D eigenvalue weighted by Gasteiger charge is -2.24. The van der Waals surface area contributed by atoms with Crippen molar-refractivity contribution in [3.8, 4) is 5.88 Å². The first kappa shape index (κ1) is 19.3. The number of hydrogen-bond donors (Lipinski definition) is 1. The number of ether oxygens (including phenoxy) is 2. The van der Waals surface area contributed by atoms with E-state index in [-0.39, 0.29) is 5.88 Å². The first-order valence-corrected chi connectivity index (χ1v) is 8.01. The maximum Gasteiger partial charge on any atom is 0.422 e. The predicted molar refractivity (Wildman–Crippen MR) is 87.5 cm³/mol. The molecule has 0 bridgehead atoms. The molecule has 6 nitrogen and oxygen atoms in total. The van der Waals surface area contributed by atoms with Gasteiger partial charge in [0.2, 0.25) is 5.88 Å². The molecule has 0 aromatic carbocycles. The van der Waals surface area contributed by atoms with Crippen LogP contribution in [0.25, 0.3) is 0 Å². The van der Waals surface area contributed by atoms with Gasteiger partial charge >= 0.3 is 6.18 Å². The minimum Gasteiger partial charge on any atom is -0.468 e. The van der Waals surface area contributed by atoms with E-state index < -0.39 is 12.8 Å². The molecule has 0 amide bonds. The lowest BCUT2D eigenvalue weighted by Crippen LogP contribution is -2.41. The average molecular weight is 360 g/mol. The van der Waals surface area contributed by atoms with Crippen LogP contribution < -0.4 is 10.1 Å². The van der Waals surface area contributed by atoms with Gasteiger partial charge in [-0.3, -0.25) is 4.99 Å². The Morgan fingerprint density at radius 1 is 1.48 bits per heavy atom. The second-order valence-corrected chi connectivity index (χ2v) is 5.92. The highest BCUT2D eigenvalue weighted by atomic mass is 19.4. The van der Waals surface area contributed by atoms with Gasteiger partial charge in [0.05, 0.1) is 6.61 Å². The van der Waals surface area contributed by atoms with E-state index in [4.69, 9.17) is 4.74 Å². The Bertz CT molecular complexity index is 557. The zero-order chi connectivity index (χ0) is 18.3. The van der Waals surface area contributed by atoms with E-state index in [1.807, 2.05) is 11.9 Å². The van der Waals surface area contributed by atoms with Crippen molar-refractivity contribution in [3.05, 3.63) is 23.9 Å². The molecule has 25 heavy (non-hydrogen) atoms. The van der Waals surface area contributed by atoms with Gasteiger partial charge in [-0.2, -0.15) is 13.2 Å². The van der Waals surface area contributed by atoms with Crippen LogP contribution in [0.5, 0.6) is 5.88 Å². The fourth-order valence-corrected chi connectivity index (χ4v) is 2.52. The van der Waals surface area contributed by atoms with Gasteiger partial charge in [-0.1, -0.05) is 6.07 Å². The smallest absolute Gasteiger partial charge is 0.422 e. The lowest BCUT2D eigenvalue weighted by atomic mass is 10.1. The van der Waals surface area contributed by atoms with Crippen LogP contribution in [-0.4, -0.2) is 62.5 Å². The van der Waals surface area contributed by atoms with E-state index in [9.17, 15) is 13.2 Å². The summed E-state index contributed by atoms with van der Waals surface area (Å²) in [5.74, 6) is 1.18. The van der Waals surface area contributed by atoms with Crippen LogP contribution in [0, 0.1) is 5.92 Å². The third-order valence-corrected chi connectivity index (χ3v) is 3.76. The fourth-order valence-electron chi connectivity index (χ4n) is 2.52. The van der Waals surface area contributed by atoms with Crippen LogP contribution in [0.3, 0.4) is 0 Å². The van der Waals surface area contributed by atoms with Crippen molar-refractivity contribution in [2.75, 3.05) is 40.5 Å². The quantitative estimate of drug-likeness (QED) is 0.622. The van der Waals surface area contributed by atoms with E-state index in [0.717, 1.165) is 37.7 Å². The van der Waals surface area contributed by atoms with E-state index in [0.29, 0.717) is 12.5 Å². The molecule has 1 fully saturated rings. The molecule has 0 saturated carbocycles. The Hall–Kier alpha value is -2.03. The molecule has 0 aliphatic carbocycles. The highest BCUT2D eigenvalue weighted by Gasteiger charge is 2.28. The number of aromatic nitrogens is 1. The predicted octanol–water partition coefficient (Wildman–Crippen LogP) is 2.07. The molecular formula is C16H23F3N4O2. The minimum absolute atomic E-state index is 0.0520. The Labute approximate surface area is 145 Å². The zero-order valence-corrected chi connectivity index (χ0v) is 14.3. The van der Waals surface area contributed by atoms with Crippen molar-refractivity contribution >= 4 is 5.96 Å². The summed E-state index contributed by atoms with van der Waals surface area (Å²) >= 11 is 0. The first-order chi connectivity index (χ1) is 11.9. The highest BCUT2D eigenvalue weighted by molar-refractivity contribution is 5.79. The van der Waals surface area contributed by atoms with Crippen molar-refractivity contribution in [2.45, 2.75) is 19.1 Å². The number of aliphatic imine (C=N–C) groups is 1. The molecule has 140 valence electrons. The Kier molecular flexibility index (Phi) is 6.86. The molecule has 1 atom stereocenters. The molecular weight excluding hydrogens is 337 g/mol. The van der Waals surface area contributed by atoms with E-state index in [2.05, 4.69) is 20.0 Å². The largest absolute Gasteiger partial charge is 0.468 e. The summed E-state index contributed by atoms with van der Waals surface area (Å²) < 4.78 is 46.3. The average Bonchev–Trinajstić information content (AvgIpc) is 3.07. The summed E-state index contributed by atoms with van der Waals surface area (Å²) in [5, 5.41) is 3.21. The van der Waals surface area contributed by atoms with Crippen LogP contribution in [0.15, 0.2) is 23.3 Å². The van der Waals surface area contributed by atoms with Crippen LogP contribution in [0.2, 0.25) is 0 Å². The summed E-state index contributed by atoms with van der Waals surface area (Å²) in [6.07, 6.45) is -1.84. The summed E-state index contributed by atoms with van der Waals surface area (Å²) in [6.45, 7) is 1.54. The second-order valence-electron chi connectivity index (χ2n) is 5.92. The number of rotatable bonds is 6. The number of guanidine groups is 1. The fraction of sp³-hybridized carbons (Fsp3) is 0.625. The highest BCUT2D eigenvalue weighted by Crippen LogP contribution is 2.17. The molecule has 2 heterocycles. The van der Waals surface area contributed by atoms with Gasteiger partial charge in [-0.15, -0.1) is 0 Å². The summed E-state index contributed by atoms with van der Waals surface area (Å²) in [5.41, 5.74) is 0.818. The Balaban J connectivity index is 1.80. The third kappa shape index (κ3) is 6.77. The lowest BCUT2D eigenvalue weighted by molar-refractivity contribution is -0.154. The van der Waals surface area contributed by atoms with E-state index >= 15 is 0 Å². The summed E-state index contributed by atoms with van der Waals surface area (Å²) in [4.78, 5) is 10.2. The van der Waals surface area contributed by atoms with Crippen molar-refractivity contribution in [1.82, 2.24) is 15.2 Å². The number of nitrogens with zero attached hydrogens (tertiary/aromatic N) is 3. The summed E-state index contributed by atoms with van der Waals surface area (Å²) in [7, 11) is 3.66. The minimum atomic E-state index is -4.37. The van der Waals surface area contributed by atoms with E-state index in [1.165, 1.54) is 12.3 Å². The standard InChI is InChI=1S/C16H23F3N4O2/c1-20-15(23(2)9-13-5-6-24-10-13)22-8-12-3-4-14(21-7-12)25-11-16(17,18)19/h3-4,7,13H,5-6,8-11H2,1-2H3,(H,20,22). The van der Waals surface area contributed by atoms with Gasteiger partial charge in [-0.05, 0) is 12.0 Å². The van der Waals surface area contributed by atoms with Crippen LogP contribution in [-0.2, 0) is 11.3 Å². The molecule has 1 saturated heterocycles. The Morgan fingerprint density at radius 2 is 2.28 bits per heavy atom. The van der Waals surface area contributed by atoms with Gasteiger partial charge in [-0.25, -0.2) is 4.98 Å². The maximum atomic E-state index is 12.1. The van der Waals surface area contributed by atoms with Gasteiger partial charge in [0.1, 0.15) is 0 Å². The van der Waals surface area contributed by atoms with Crippen molar-refractivity contribution in [2.24, 2.45) is 10.9 Å². The Morgan fingerprint density at radius 3 is 2.84 bits per heavy atom. The molecule has 1 unspecified atom stereocenters. The van der Waals surface area contributed by atoms with Gasteiger partial charge in [0, 0.05) is 52.0 Å². The third-order valence-electron chi connectivity index (χ3n) is 3.76. The molecule has 1 aliphatic heterocycles.